The maximum absolute atomic E-state index is 13.2. The highest BCUT2D eigenvalue weighted by molar-refractivity contribution is 6.01. The number of nitrogens with one attached hydrogen (secondary N) is 1. The molecule has 0 spiro atoms. The van der Waals surface area contributed by atoms with Crippen molar-refractivity contribution in [2.45, 2.75) is 72.8 Å². The molecular weight excluding hydrogens is 474 g/mol. The van der Waals surface area contributed by atoms with Crippen LogP contribution in [-0.4, -0.2) is 59.7 Å². The molecule has 5 rings (SSSR count). The van der Waals surface area contributed by atoms with Gasteiger partial charge in [0, 0.05) is 44.5 Å². The minimum Gasteiger partial charge on any atom is -0.353 e. The van der Waals surface area contributed by atoms with Gasteiger partial charge in [-0.3, -0.25) is 9.79 Å². The largest absolute Gasteiger partial charge is 0.353 e. The smallest absolute Gasteiger partial charge is 0.254 e. The predicted octanol–water partition coefficient (Wildman–Crippen LogP) is 5.51. The van der Waals surface area contributed by atoms with E-state index in [0.717, 1.165) is 49.5 Å². The van der Waals surface area contributed by atoms with Crippen molar-refractivity contribution in [2.75, 3.05) is 36.9 Å². The molecule has 1 amide bonds. The van der Waals surface area contributed by atoms with Crippen molar-refractivity contribution in [3.8, 4) is 6.07 Å². The lowest BCUT2D eigenvalue weighted by atomic mass is 9.89. The number of aliphatic imine (C=N–C) groups is 1. The van der Waals surface area contributed by atoms with E-state index in [1.54, 1.807) is 19.5 Å². The van der Waals surface area contributed by atoms with Crippen molar-refractivity contribution in [3.05, 3.63) is 47.0 Å². The lowest BCUT2D eigenvalue weighted by Crippen LogP contribution is -2.49. The second-order valence-corrected chi connectivity index (χ2v) is 9.52. The molecule has 8 nitrogen and oxygen atoms in total. The van der Waals surface area contributed by atoms with Crippen molar-refractivity contribution in [1.29, 1.82) is 5.26 Å². The Bertz CT molecular complexity index is 1140. The van der Waals surface area contributed by atoms with Crippen molar-refractivity contribution >= 4 is 23.8 Å². The van der Waals surface area contributed by atoms with Crippen molar-refractivity contribution in [3.63, 3.8) is 0 Å². The summed E-state index contributed by atoms with van der Waals surface area (Å²) in [4.78, 5) is 30.6. The van der Waals surface area contributed by atoms with Crippen LogP contribution >= 0.6 is 0 Å². The van der Waals surface area contributed by atoms with E-state index >= 15 is 0 Å². The normalized spacial score (nSPS) is 22.9. The van der Waals surface area contributed by atoms with Crippen LogP contribution in [0.1, 0.15) is 72.4 Å². The van der Waals surface area contributed by atoms with Crippen LogP contribution in [-0.2, 0) is 4.79 Å². The molecule has 2 aliphatic heterocycles. The molecule has 2 aliphatic carbocycles. The van der Waals surface area contributed by atoms with Crippen LogP contribution in [0.25, 0.3) is 0 Å². The molecule has 4 aliphatic rings. The van der Waals surface area contributed by atoms with Crippen LogP contribution in [0.3, 0.4) is 0 Å². The number of nitriles is 1. The zero-order chi connectivity index (χ0) is 27.7. The number of likely N-dealkylation sites (tertiary alicyclic amines) is 1. The first-order chi connectivity index (χ1) is 18.6. The Morgan fingerprint density at radius 1 is 1.24 bits per heavy atom. The molecule has 0 bridgehead atoms. The second kappa shape index (κ2) is 13.9. The van der Waals surface area contributed by atoms with Gasteiger partial charge in [0.2, 0.25) is 0 Å². The lowest BCUT2D eigenvalue weighted by Gasteiger charge is -2.38. The van der Waals surface area contributed by atoms with E-state index in [0.29, 0.717) is 24.1 Å². The number of allylic oxidation sites excluding steroid dienone is 4. The van der Waals surface area contributed by atoms with Gasteiger partial charge >= 0.3 is 0 Å². The molecule has 0 aromatic carbocycles. The van der Waals surface area contributed by atoms with Gasteiger partial charge in [-0.05, 0) is 56.4 Å². The van der Waals surface area contributed by atoms with Gasteiger partial charge in [0.05, 0.1) is 11.9 Å². The van der Waals surface area contributed by atoms with E-state index in [2.05, 4.69) is 43.3 Å². The Kier molecular flexibility index (Phi) is 10.6. The Morgan fingerprint density at radius 3 is 2.66 bits per heavy atom. The predicted molar refractivity (Wildman–Crippen MR) is 155 cm³/mol. The number of amides is 1. The maximum atomic E-state index is 13.2. The van der Waals surface area contributed by atoms with Gasteiger partial charge in [-0.1, -0.05) is 45.9 Å². The highest BCUT2D eigenvalue weighted by Gasteiger charge is 2.40. The molecular formula is C30H43N7O. The fourth-order valence-corrected chi connectivity index (χ4v) is 5.29. The Balaban J connectivity index is 0.000000956. The van der Waals surface area contributed by atoms with Crippen LogP contribution in [0.15, 0.2) is 46.3 Å². The van der Waals surface area contributed by atoms with Crippen LogP contribution in [0, 0.1) is 23.2 Å². The number of carbonyl (C=O) groups excluding carboxylic acids is 1. The molecule has 204 valence electrons. The summed E-state index contributed by atoms with van der Waals surface area (Å²) in [5.41, 5.74) is 3.14. The van der Waals surface area contributed by atoms with Gasteiger partial charge in [-0.25, -0.2) is 9.97 Å². The average molecular weight is 518 g/mol. The monoisotopic (exact) mass is 517 g/mol. The Labute approximate surface area is 228 Å². The topological polar surface area (TPSA) is 97.5 Å². The van der Waals surface area contributed by atoms with Crippen molar-refractivity contribution in [2.24, 2.45) is 16.8 Å². The second-order valence-electron chi connectivity index (χ2n) is 9.52. The molecule has 38 heavy (non-hydrogen) atoms. The Hall–Kier alpha value is -3.47. The summed E-state index contributed by atoms with van der Waals surface area (Å²) < 4.78 is 0. The molecule has 2 saturated heterocycles. The molecule has 3 heterocycles. The van der Waals surface area contributed by atoms with Crippen LogP contribution in [0.4, 0.5) is 11.6 Å². The van der Waals surface area contributed by atoms with E-state index < -0.39 is 0 Å². The summed E-state index contributed by atoms with van der Waals surface area (Å²) in [6.45, 7) is 12.2. The first kappa shape index (κ1) is 29.1. The lowest BCUT2D eigenvalue weighted by molar-refractivity contribution is -0.126. The molecule has 2 atom stereocenters. The molecule has 0 radical (unpaired) electrons. The standard InChI is InChI=1S/C26H31N7O.2C2H6/c1-3-20(13-28-2)30-25-23(12-27)29-14-24(31-25)32-10-4-5-21(16-32)33-15-19-11-18(17-6-7-17)8-9-22(19)26(33)34;2*1-2/h3,9,11,13-14,17-18,21H,4-8,10,15-16H2,1-2H3,(H,30,31);2*1-2H3/b20-3+,28-13?;;/t18?,21-;;/m1../s1. The maximum Gasteiger partial charge on any atom is 0.254 e. The number of hydrogen-bond acceptors (Lipinski definition) is 7. The van der Waals surface area contributed by atoms with Gasteiger partial charge in [-0.15, -0.1) is 0 Å². The summed E-state index contributed by atoms with van der Waals surface area (Å²) in [5.74, 6) is 2.75. The third kappa shape index (κ3) is 6.50. The number of aromatic nitrogens is 2. The number of anilines is 2. The number of nitrogens with zero attached hydrogens (tertiary/aromatic N) is 6. The highest BCUT2D eigenvalue weighted by Crippen LogP contribution is 2.44. The summed E-state index contributed by atoms with van der Waals surface area (Å²) in [6.07, 6.45) is 15.4. The number of hydrogen-bond donors (Lipinski definition) is 1. The zero-order valence-electron chi connectivity index (χ0n) is 23.9. The Morgan fingerprint density at radius 2 is 2.00 bits per heavy atom. The molecule has 1 aromatic heterocycles. The van der Waals surface area contributed by atoms with Gasteiger partial charge < -0.3 is 15.1 Å². The van der Waals surface area contributed by atoms with Crippen molar-refractivity contribution < 1.29 is 4.79 Å². The van der Waals surface area contributed by atoms with Crippen LogP contribution in [0.5, 0.6) is 0 Å². The fourth-order valence-electron chi connectivity index (χ4n) is 5.29. The molecule has 3 fully saturated rings. The minimum absolute atomic E-state index is 0.139. The number of fused-ring (bicyclic) bond motifs is 1. The molecule has 1 N–H and O–H groups in total. The molecule has 1 aromatic rings. The van der Waals surface area contributed by atoms with E-state index in [4.69, 9.17) is 4.98 Å². The van der Waals surface area contributed by atoms with Crippen LogP contribution < -0.4 is 10.2 Å². The van der Waals surface area contributed by atoms with Crippen LogP contribution in [0.2, 0.25) is 0 Å². The summed E-state index contributed by atoms with van der Waals surface area (Å²) >= 11 is 0. The van der Waals surface area contributed by atoms with Gasteiger partial charge in [-0.2, -0.15) is 5.26 Å². The highest BCUT2D eigenvalue weighted by atomic mass is 16.2. The van der Waals surface area contributed by atoms with E-state index in [1.807, 2.05) is 40.7 Å². The van der Waals surface area contributed by atoms with Gasteiger partial charge in [0.25, 0.3) is 5.91 Å². The quantitative estimate of drug-likeness (QED) is 0.500. The van der Waals surface area contributed by atoms with Gasteiger partial charge in [0.1, 0.15) is 11.9 Å². The summed E-state index contributed by atoms with van der Waals surface area (Å²) in [5, 5.41) is 12.7. The van der Waals surface area contributed by atoms with E-state index in [-0.39, 0.29) is 17.6 Å². The molecule has 1 saturated carbocycles. The number of carbonyl (C=O) groups is 1. The van der Waals surface area contributed by atoms with E-state index in [1.165, 1.54) is 18.4 Å². The number of piperidine rings is 1. The van der Waals surface area contributed by atoms with Crippen molar-refractivity contribution in [1.82, 2.24) is 14.9 Å². The average Bonchev–Trinajstić information content (AvgIpc) is 3.78. The summed E-state index contributed by atoms with van der Waals surface area (Å²) in [7, 11) is 1.69. The SMILES string of the molecule is C/C=C(\C=NC)Nc1nc(N2CCC[C@@H](N3CC4=CC(C5CC5)CC=C4C3=O)C2)cnc1C#N.CC.CC. The third-order valence-corrected chi connectivity index (χ3v) is 7.28. The molecule has 1 unspecified atom stereocenters. The summed E-state index contributed by atoms with van der Waals surface area (Å²) in [6, 6.07) is 2.25. The van der Waals surface area contributed by atoms with Gasteiger partial charge in [0.15, 0.2) is 11.5 Å². The third-order valence-electron chi connectivity index (χ3n) is 7.28. The fraction of sp³-hybridized carbons (Fsp3) is 0.567. The minimum atomic E-state index is 0.139. The zero-order valence-corrected chi connectivity index (χ0v) is 23.9. The first-order valence-electron chi connectivity index (χ1n) is 14.2. The van der Waals surface area contributed by atoms with E-state index in [9.17, 15) is 10.1 Å². The number of rotatable bonds is 6. The first-order valence-corrected chi connectivity index (χ1v) is 14.2. The molecule has 8 heteroatoms.